The average Bonchev–Trinajstić information content (AvgIpc) is 3.45. The lowest BCUT2D eigenvalue weighted by atomic mass is 9.98. The molecule has 3 heterocycles. The summed E-state index contributed by atoms with van der Waals surface area (Å²) in [7, 11) is -10.2. The van der Waals surface area contributed by atoms with Gasteiger partial charge < -0.3 is 19.4 Å². The lowest BCUT2D eigenvalue weighted by Crippen LogP contribution is -2.55. The van der Waals surface area contributed by atoms with Crippen LogP contribution in [0.4, 0.5) is 32.6 Å². The molecule has 1 aromatic heterocycles. The lowest BCUT2D eigenvalue weighted by molar-refractivity contribution is -0.190. The number of ether oxygens (including phenoxy) is 2. The number of benzene rings is 1. The molecule has 198 valence electrons. The maximum atomic E-state index is 13.6. The Hall–Kier alpha value is -3.02. The Kier molecular flexibility index (Phi) is 5.19. The zero-order valence-corrected chi connectivity index (χ0v) is 18.3. The van der Waals surface area contributed by atoms with E-state index in [1.807, 2.05) is 0 Å². The summed E-state index contributed by atoms with van der Waals surface area (Å²) in [6, 6.07) is -0.0404. The van der Waals surface area contributed by atoms with E-state index in [1.165, 1.54) is 11.9 Å². The first-order valence-corrected chi connectivity index (χ1v) is 11.7. The van der Waals surface area contributed by atoms with E-state index in [1.54, 1.807) is 0 Å². The van der Waals surface area contributed by atoms with Gasteiger partial charge in [0.2, 0.25) is 6.10 Å². The molecule has 9 nitrogen and oxygen atoms in total. The molecule has 0 spiro atoms. The van der Waals surface area contributed by atoms with Crippen molar-refractivity contribution in [1.29, 1.82) is 0 Å². The molecular formula is C17H17F8N3O6S. The van der Waals surface area contributed by atoms with Crippen LogP contribution >= 0.6 is 10.2 Å². The number of rotatable bonds is 7. The Morgan fingerprint density at radius 2 is 1.86 bits per heavy atom. The summed E-state index contributed by atoms with van der Waals surface area (Å²) in [6.07, 6.45) is -8.72. The minimum absolute atomic E-state index is 0.0335. The molecule has 2 aromatic rings. The highest BCUT2D eigenvalue weighted by Crippen LogP contribution is 3.02. The van der Waals surface area contributed by atoms with Crippen LogP contribution in [0.15, 0.2) is 27.2 Å². The molecule has 35 heavy (non-hydrogen) atoms. The van der Waals surface area contributed by atoms with Crippen LogP contribution in [0.5, 0.6) is 5.75 Å². The number of aryl methyl sites for hydroxylation is 1. The first-order chi connectivity index (χ1) is 15.9. The van der Waals surface area contributed by atoms with Gasteiger partial charge in [0.15, 0.2) is 0 Å². The molecule has 18 heteroatoms. The van der Waals surface area contributed by atoms with Gasteiger partial charge in [-0.15, -0.1) is 0 Å². The molecule has 0 radical (unpaired) electrons. The molecule has 1 atom stereocenters. The number of fused-ring (bicyclic) bond motifs is 1. The largest absolute Gasteiger partial charge is 0.475 e. The summed E-state index contributed by atoms with van der Waals surface area (Å²) in [4.78, 5) is 15.8. The summed E-state index contributed by atoms with van der Waals surface area (Å²) in [5.74, 6) is -2.39. The average molecular weight is 543 g/mol. The number of nitrogens with zero attached hydrogens (tertiary/aromatic N) is 3. The van der Waals surface area contributed by atoms with Gasteiger partial charge in [-0.3, -0.25) is 5.01 Å². The van der Waals surface area contributed by atoms with Gasteiger partial charge in [-0.05, 0) is 30.2 Å². The van der Waals surface area contributed by atoms with Crippen molar-refractivity contribution in [2.45, 2.75) is 36.6 Å². The molecule has 1 unspecified atom stereocenters. The zero-order chi connectivity index (χ0) is 26.0. The Bertz CT molecular complexity index is 1180. The fourth-order valence-electron chi connectivity index (χ4n) is 3.31. The van der Waals surface area contributed by atoms with Gasteiger partial charge in [0.1, 0.15) is 15.7 Å². The number of β-amino-alcohol motifs (C(OH)–C–C–N with tert-alkyl or cyclic N) is 1. The minimum Gasteiger partial charge on any atom is -0.475 e. The SMILES string of the molecule is CCc1cc(S(F)(F)(F)(F)F)cc2c1OC(C(F)(F)F)C(C(=O)OCOn1on1N1CC(O)C1)=C2. The van der Waals surface area contributed by atoms with Gasteiger partial charge in [-0.25, -0.2) is 4.79 Å². The van der Waals surface area contributed by atoms with Gasteiger partial charge in [0.05, 0.1) is 29.7 Å². The standard InChI is InChI=1S/C17H17F8N3O6S/c1-2-9-3-12(35(21,22,23,24)25)4-10-5-13(15(17(18,19)20)33-14(9)10)16(30)31-8-32-28-27(34-28)26-6-11(29)7-26/h3-5,11,15,29H,2,6-8H2,1H3. The predicted octanol–water partition coefficient (Wildman–Crippen LogP) is 3.75. The molecule has 2 aliphatic rings. The summed E-state index contributed by atoms with van der Waals surface area (Å²) in [6.45, 7) is 0.668. The second kappa shape index (κ2) is 7.25. The van der Waals surface area contributed by atoms with Crippen molar-refractivity contribution in [3.63, 3.8) is 0 Å². The predicted molar refractivity (Wildman–Crippen MR) is 102 cm³/mol. The third-order valence-corrected chi connectivity index (χ3v) is 6.18. The van der Waals surface area contributed by atoms with Crippen LogP contribution in [-0.4, -0.2) is 59.3 Å². The summed E-state index contributed by atoms with van der Waals surface area (Å²) in [5.41, 5.74) is -2.62. The number of hydrogen-bond acceptors (Lipinski definition) is 7. The number of aliphatic hydroxyl groups excluding tert-OH is 1. The van der Waals surface area contributed by atoms with Crippen LogP contribution in [0.1, 0.15) is 18.1 Å². The number of halogens is 8. The maximum absolute atomic E-state index is 13.6. The van der Waals surface area contributed by atoms with Crippen molar-refractivity contribution < 1.29 is 61.4 Å². The molecular weight excluding hydrogens is 526 g/mol. The maximum Gasteiger partial charge on any atom is 0.430 e. The second-order valence-corrected chi connectivity index (χ2v) is 10.1. The lowest BCUT2D eigenvalue weighted by Gasteiger charge is -2.41. The van der Waals surface area contributed by atoms with Crippen molar-refractivity contribution in [1.82, 2.24) is 9.98 Å². The van der Waals surface area contributed by atoms with Gasteiger partial charge in [0.25, 0.3) is 6.79 Å². The van der Waals surface area contributed by atoms with Crippen molar-refractivity contribution >= 4 is 22.3 Å². The van der Waals surface area contributed by atoms with E-state index in [2.05, 4.69) is 4.74 Å². The van der Waals surface area contributed by atoms with Crippen molar-refractivity contribution in [3.05, 3.63) is 28.8 Å². The molecule has 1 saturated heterocycles. The van der Waals surface area contributed by atoms with Gasteiger partial charge >= 0.3 is 22.4 Å². The van der Waals surface area contributed by atoms with E-state index in [-0.39, 0.29) is 31.6 Å². The topological polar surface area (TPSA) is 91.2 Å². The van der Waals surface area contributed by atoms with E-state index in [4.69, 9.17) is 14.2 Å². The number of carbonyl (C=O) groups excluding carboxylic acids is 1. The normalized spacial score (nSPS) is 20.8. The summed E-state index contributed by atoms with van der Waals surface area (Å²) >= 11 is 0. The number of hydrogen-bond donors (Lipinski definition) is 1. The molecule has 0 saturated carbocycles. The first-order valence-electron chi connectivity index (χ1n) is 9.74. The van der Waals surface area contributed by atoms with Crippen LogP contribution < -0.4 is 14.6 Å². The van der Waals surface area contributed by atoms with E-state index >= 15 is 0 Å². The van der Waals surface area contributed by atoms with E-state index in [0.29, 0.717) is 11.1 Å². The zero-order valence-electron chi connectivity index (χ0n) is 17.5. The Morgan fingerprint density at radius 3 is 2.40 bits per heavy atom. The number of aromatic nitrogens is 2. The van der Waals surface area contributed by atoms with Crippen LogP contribution in [0, 0.1) is 0 Å². The van der Waals surface area contributed by atoms with Crippen LogP contribution in [0.3, 0.4) is 0 Å². The number of esters is 1. The Balaban J connectivity index is 1.58. The van der Waals surface area contributed by atoms with Crippen LogP contribution in [-0.2, 0) is 16.0 Å². The van der Waals surface area contributed by atoms with Gasteiger partial charge in [-0.1, -0.05) is 26.4 Å². The molecule has 0 bridgehead atoms. The minimum atomic E-state index is -10.2. The highest BCUT2D eigenvalue weighted by atomic mass is 32.5. The summed E-state index contributed by atoms with van der Waals surface area (Å²) in [5, 5.41) is 11.3. The van der Waals surface area contributed by atoms with Crippen molar-refractivity contribution in [2.75, 3.05) is 24.9 Å². The molecule has 2 aliphatic heterocycles. The monoisotopic (exact) mass is 543 g/mol. The van der Waals surface area contributed by atoms with E-state index < -0.39 is 68.7 Å². The smallest absolute Gasteiger partial charge is 0.430 e. The Morgan fingerprint density at radius 1 is 1.20 bits per heavy atom. The third kappa shape index (κ3) is 5.16. The molecule has 4 rings (SSSR count). The number of carbonyl (C=O) groups is 1. The molecule has 0 amide bonds. The van der Waals surface area contributed by atoms with Crippen LogP contribution in [0.25, 0.3) is 6.08 Å². The molecule has 1 fully saturated rings. The first kappa shape index (κ1) is 25.1. The second-order valence-electron chi connectivity index (χ2n) is 7.74. The Labute approximate surface area is 190 Å². The van der Waals surface area contributed by atoms with Crippen molar-refractivity contribution in [3.8, 4) is 5.75 Å². The number of aliphatic hydroxyl groups is 1. The molecule has 1 N–H and O–H groups in total. The quantitative estimate of drug-likeness (QED) is 0.323. The van der Waals surface area contributed by atoms with E-state index in [9.17, 15) is 42.5 Å². The van der Waals surface area contributed by atoms with E-state index in [0.717, 1.165) is 4.96 Å². The highest BCUT2D eigenvalue weighted by molar-refractivity contribution is 8.45. The van der Waals surface area contributed by atoms with Crippen molar-refractivity contribution in [2.24, 2.45) is 0 Å². The molecule has 0 aliphatic carbocycles. The number of alkyl halides is 3. The third-order valence-electron chi connectivity index (χ3n) is 5.05. The van der Waals surface area contributed by atoms with Gasteiger partial charge in [-0.2, -0.15) is 17.8 Å². The fourth-order valence-corrected chi connectivity index (χ4v) is 4.02. The molecule has 1 aromatic carbocycles. The van der Waals surface area contributed by atoms with Crippen LogP contribution in [0.2, 0.25) is 0 Å². The van der Waals surface area contributed by atoms with Gasteiger partial charge in [0, 0.05) is 5.56 Å². The highest BCUT2D eigenvalue weighted by Gasteiger charge is 2.66. The summed E-state index contributed by atoms with van der Waals surface area (Å²) < 4.78 is 122. The fraction of sp³-hybridized carbons (Fsp3) is 0.471.